The zero-order chi connectivity index (χ0) is 33.4. The highest BCUT2D eigenvalue weighted by Crippen LogP contribution is 2.36. The van der Waals surface area contributed by atoms with Gasteiger partial charge in [0.15, 0.2) is 5.78 Å². The maximum atomic E-state index is 12.9. The quantitative estimate of drug-likeness (QED) is 0.193. The molecule has 3 heterocycles. The Hall–Kier alpha value is -3.14. The van der Waals surface area contributed by atoms with E-state index < -0.39 is 11.5 Å². The van der Waals surface area contributed by atoms with Crippen LogP contribution in [-0.2, 0) is 15.1 Å². The average molecular weight is 665 g/mol. The molecule has 7 nitrogen and oxygen atoms in total. The number of fused-ring (bicyclic) bond motifs is 2. The van der Waals surface area contributed by atoms with E-state index in [0.29, 0.717) is 41.9 Å². The van der Waals surface area contributed by atoms with Gasteiger partial charge in [-0.1, -0.05) is 54.1 Å². The molecule has 0 radical (unpaired) electrons. The van der Waals surface area contributed by atoms with Gasteiger partial charge in [0.05, 0.1) is 12.2 Å². The number of aliphatic hydroxyl groups excluding tert-OH is 1. The molecule has 252 valence electrons. The van der Waals surface area contributed by atoms with Crippen LogP contribution in [0, 0.1) is 5.82 Å². The van der Waals surface area contributed by atoms with Crippen LogP contribution in [0.15, 0.2) is 78.9 Å². The topological polar surface area (TPSA) is 90.3 Å². The largest absolute Gasteiger partial charge is 0.462 e. The molecule has 0 amide bonds. The number of nitrogens with zero attached hydrogens (tertiary/aromatic N) is 2. The monoisotopic (exact) mass is 664 g/mol. The number of aliphatic hydroxyl groups is 2. The number of hydrogen-bond acceptors (Lipinski definition) is 7. The zero-order valence-electron chi connectivity index (χ0n) is 27.1. The first-order chi connectivity index (χ1) is 22.6. The van der Waals surface area contributed by atoms with E-state index in [2.05, 4.69) is 16.8 Å². The molecule has 0 spiro atoms. The van der Waals surface area contributed by atoms with Crippen molar-refractivity contribution in [3.8, 4) is 0 Å². The van der Waals surface area contributed by atoms with Gasteiger partial charge in [-0.05, 0) is 106 Å². The molecule has 3 fully saturated rings. The molecule has 47 heavy (non-hydrogen) atoms. The van der Waals surface area contributed by atoms with Crippen molar-refractivity contribution >= 4 is 23.4 Å². The van der Waals surface area contributed by atoms with Crippen molar-refractivity contribution in [2.75, 3.05) is 33.3 Å². The number of Topliss-reactive ketones (excluding diaryl/α,β-unsaturated/α-hetero) is 1. The molecule has 0 aromatic heterocycles. The van der Waals surface area contributed by atoms with Gasteiger partial charge in [-0.2, -0.15) is 0 Å². The molecule has 6 rings (SSSR count). The highest BCUT2D eigenvalue weighted by atomic mass is 35.5. The van der Waals surface area contributed by atoms with Crippen molar-refractivity contribution in [1.82, 2.24) is 9.80 Å². The van der Waals surface area contributed by atoms with Gasteiger partial charge in [0.25, 0.3) is 0 Å². The van der Waals surface area contributed by atoms with Crippen molar-refractivity contribution in [2.24, 2.45) is 0 Å². The lowest BCUT2D eigenvalue weighted by atomic mass is 9.84. The van der Waals surface area contributed by atoms with Crippen molar-refractivity contribution in [1.29, 1.82) is 0 Å². The number of benzene rings is 3. The third kappa shape index (κ3) is 9.27. The van der Waals surface area contributed by atoms with Gasteiger partial charge in [-0.25, -0.2) is 4.39 Å². The zero-order valence-corrected chi connectivity index (χ0v) is 27.8. The Kier molecular flexibility index (Phi) is 12.2. The minimum Gasteiger partial charge on any atom is -0.462 e. The molecule has 3 saturated heterocycles. The van der Waals surface area contributed by atoms with Gasteiger partial charge in [0, 0.05) is 42.2 Å². The summed E-state index contributed by atoms with van der Waals surface area (Å²) in [6, 6.07) is 23.6. The summed E-state index contributed by atoms with van der Waals surface area (Å²) in [5.74, 6) is -1.15. The lowest BCUT2D eigenvalue weighted by Crippen LogP contribution is -2.43. The Morgan fingerprint density at radius 2 is 1.57 bits per heavy atom. The molecule has 3 aliphatic heterocycles. The van der Waals surface area contributed by atoms with Gasteiger partial charge in [0.1, 0.15) is 17.8 Å². The SMILES string of the molecule is CN1[C@@H]2CC[C@H]1C[C@@H](OC(=O)C(CO)c1ccccc1)C2.O=C(CCCN1CCC(O)(c2ccc(Cl)cc2)CC1)c1ccc(F)cc1. The number of halogens is 2. The number of carbonyl (C=O) groups excluding carboxylic acids is 2. The van der Waals surface area contributed by atoms with E-state index >= 15 is 0 Å². The van der Waals surface area contributed by atoms with Gasteiger partial charge in [-0.15, -0.1) is 0 Å². The predicted molar refractivity (Wildman–Crippen MR) is 181 cm³/mol. The molecular weight excluding hydrogens is 619 g/mol. The highest BCUT2D eigenvalue weighted by Gasteiger charge is 2.40. The van der Waals surface area contributed by atoms with Gasteiger partial charge in [-0.3, -0.25) is 9.59 Å². The third-order valence-corrected chi connectivity index (χ3v) is 10.4. The lowest BCUT2D eigenvalue weighted by molar-refractivity contribution is -0.155. The summed E-state index contributed by atoms with van der Waals surface area (Å²) in [5.41, 5.74) is 1.49. The fourth-order valence-electron chi connectivity index (χ4n) is 7.14. The molecule has 2 bridgehead atoms. The first-order valence-electron chi connectivity index (χ1n) is 16.7. The number of hydrogen-bond donors (Lipinski definition) is 2. The molecule has 1 unspecified atom stereocenters. The number of carbonyl (C=O) groups is 2. The number of esters is 1. The Bertz CT molecular complexity index is 1430. The van der Waals surface area contributed by atoms with E-state index in [1.807, 2.05) is 54.6 Å². The maximum Gasteiger partial charge on any atom is 0.316 e. The summed E-state index contributed by atoms with van der Waals surface area (Å²) in [6.45, 7) is 2.21. The number of rotatable bonds is 10. The predicted octanol–water partition coefficient (Wildman–Crippen LogP) is 6.36. The van der Waals surface area contributed by atoms with E-state index in [1.165, 1.54) is 37.1 Å². The first kappa shape index (κ1) is 35.2. The second kappa shape index (κ2) is 16.3. The van der Waals surface area contributed by atoms with Crippen LogP contribution in [-0.4, -0.2) is 83.2 Å². The van der Waals surface area contributed by atoms with Gasteiger partial charge < -0.3 is 24.7 Å². The van der Waals surface area contributed by atoms with E-state index in [1.54, 1.807) is 0 Å². The second-order valence-electron chi connectivity index (χ2n) is 13.1. The summed E-state index contributed by atoms with van der Waals surface area (Å²) < 4.78 is 18.6. The van der Waals surface area contributed by atoms with Crippen LogP contribution in [0.1, 0.15) is 78.8 Å². The van der Waals surface area contributed by atoms with Crippen LogP contribution < -0.4 is 0 Å². The van der Waals surface area contributed by atoms with Crippen molar-refractivity contribution in [2.45, 2.75) is 81.1 Å². The van der Waals surface area contributed by atoms with E-state index in [9.17, 15) is 24.2 Å². The van der Waals surface area contributed by atoms with Crippen molar-refractivity contribution in [3.05, 3.63) is 106 Å². The van der Waals surface area contributed by atoms with Crippen molar-refractivity contribution < 1.29 is 28.9 Å². The summed E-state index contributed by atoms with van der Waals surface area (Å²) in [7, 11) is 2.17. The van der Waals surface area contributed by atoms with Crippen LogP contribution in [0.4, 0.5) is 4.39 Å². The Morgan fingerprint density at radius 1 is 0.957 bits per heavy atom. The Labute approximate surface area is 282 Å². The van der Waals surface area contributed by atoms with Gasteiger partial charge >= 0.3 is 5.97 Å². The minimum atomic E-state index is -0.801. The highest BCUT2D eigenvalue weighted by molar-refractivity contribution is 6.30. The Balaban J connectivity index is 0.000000189. The molecule has 3 aliphatic rings. The maximum absolute atomic E-state index is 12.9. The van der Waals surface area contributed by atoms with E-state index in [4.69, 9.17) is 16.3 Å². The average Bonchev–Trinajstić information content (AvgIpc) is 3.26. The minimum absolute atomic E-state index is 0.00367. The molecule has 0 aliphatic carbocycles. The molecule has 0 saturated carbocycles. The Morgan fingerprint density at radius 3 is 2.17 bits per heavy atom. The van der Waals surface area contributed by atoms with Crippen LogP contribution in [0.2, 0.25) is 5.02 Å². The number of ether oxygens (including phenoxy) is 1. The van der Waals surface area contributed by atoms with Crippen LogP contribution in [0.5, 0.6) is 0 Å². The number of piperidine rings is 2. The third-order valence-electron chi connectivity index (χ3n) is 10.1. The normalized spacial score (nSPS) is 23.0. The second-order valence-corrected chi connectivity index (χ2v) is 13.6. The fourth-order valence-corrected chi connectivity index (χ4v) is 7.27. The van der Waals surface area contributed by atoms with E-state index in [-0.39, 0.29) is 30.3 Å². The van der Waals surface area contributed by atoms with Gasteiger partial charge in [0.2, 0.25) is 0 Å². The van der Waals surface area contributed by atoms with Crippen LogP contribution in [0.3, 0.4) is 0 Å². The summed E-state index contributed by atoms with van der Waals surface area (Å²) in [4.78, 5) is 29.2. The smallest absolute Gasteiger partial charge is 0.316 e. The molecule has 3 aromatic rings. The molecule has 4 atom stereocenters. The lowest BCUT2D eigenvalue weighted by Gasteiger charge is -2.38. The molecule has 3 aromatic carbocycles. The van der Waals surface area contributed by atoms with Crippen LogP contribution >= 0.6 is 11.6 Å². The molecule has 9 heteroatoms. The molecule has 2 N–H and O–H groups in total. The number of likely N-dealkylation sites (tertiary alicyclic amines) is 1. The van der Waals surface area contributed by atoms with Crippen LogP contribution in [0.25, 0.3) is 0 Å². The molecular formula is C38H46ClFN2O5. The van der Waals surface area contributed by atoms with Crippen molar-refractivity contribution in [3.63, 3.8) is 0 Å². The van der Waals surface area contributed by atoms with E-state index in [0.717, 1.165) is 50.0 Å². The first-order valence-corrected chi connectivity index (χ1v) is 17.1. The number of ketones is 1. The fraction of sp³-hybridized carbons (Fsp3) is 0.474. The standard InChI is InChI=1S/C21H23ClFNO2.C17H23NO3/c22-18-7-5-17(6-8-18)21(26)11-14-24(15-12-21)13-1-2-20(25)16-3-9-19(23)10-4-16;1-18-13-7-8-14(18)10-15(9-13)21-17(20)16(11-19)12-5-3-2-4-6-12/h3-10,26H,1-2,11-15H2;2-6,13-16,19H,7-11H2,1H3/t;13-,14+,15+,16?. The summed E-state index contributed by atoms with van der Waals surface area (Å²) in [6.07, 6.45) is 6.80. The summed E-state index contributed by atoms with van der Waals surface area (Å²) in [5, 5.41) is 21.1. The summed E-state index contributed by atoms with van der Waals surface area (Å²) >= 11 is 5.92.